The van der Waals surface area contributed by atoms with Crippen LogP contribution in [0.5, 0.6) is 11.5 Å². The lowest BCUT2D eigenvalue weighted by atomic mass is 10.0. The number of nitrogens with zero attached hydrogens (tertiary/aromatic N) is 2. The van der Waals surface area contributed by atoms with Gasteiger partial charge in [-0.05, 0) is 60.4 Å². The van der Waals surface area contributed by atoms with Crippen molar-refractivity contribution in [2.24, 2.45) is 4.99 Å². The molecule has 1 aliphatic heterocycles. The highest BCUT2D eigenvalue weighted by atomic mass is 16.5. The van der Waals surface area contributed by atoms with Crippen LogP contribution in [0.4, 0.5) is 5.69 Å². The zero-order chi connectivity index (χ0) is 17.1. The number of hydrogen-bond acceptors (Lipinski definition) is 4. The van der Waals surface area contributed by atoms with Crippen molar-refractivity contribution in [1.82, 2.24) is 4.90 Å². The van der Waals surface area contributed by atoms with Crippen molar-refractivity contribution in [2.75, 3.05) is 20.8 Å². The van der Waals surface area contributed by atoms with Gasteiger partial charge < -0.3 is 14.4 Å². The molecule has 0 aliphatic carbocycles. The molecule has 1 unspecified atom stereocenters. The molecule has 5 nitrogen and oxygen atoms in total. The Bertz CT molecular complexity index is 786. The summed E-state index contributed by atoms with van der Waals surface area (Å²) in [5, 5.41) is 2.13. The lowest BCUT2D eigenvalue weighted by Gasteiger charge is -2.15. The Morgan fingerprint density at radius 3 is 2.42 bits per heavy atom. The lowest BCUT2D eigenvalue weighted by molar-refractivity contribution is -0.117. The number of carbonyl (C=O) groups excluding carboxylic acids is 1. The molecule has 0 radical (unpaired) electrons. The van der Waals surface area contributed by atoms with Gasteiger partial charge in [0.05, 0.1) is 25.9 Å². The number of benzene rings is 2. The first-order valence-corrected chi connectivity index (χ1v) is 8.08. The number of hydrogen-bond donors (Lipinski definition) is 0. The number of aliphatic imine (C=N–C) groups is 1. The molecule has 0 aromatic heterocycles. The zero-order valence-electron chi connectivity index (χ0n) is 14.3. The van der Waals surface area contributed by atoms with Crippen LogP contribution in [-0.2, 0) is 4.79 Å². The van der Waals surface area contributed by atoms with Crippen molar-refractivity contribution < 1.29 is 14.3 Å². The van der Waals surface area contributed by atoms with E-state index in [1.54, 1.807) is 19.1 Å². The van der Waals surface area contributed by atoms with Gasteiger partial charge in [0.1, 0.15) is 0 Å². The first-order valence-electron chi connectivity index (χ1n) is 8.08. The highest BCUT2D eigenvalue weighted by molar-refractivity contribution is 5.90. The normalized spacial score (nSPS) is 17.6. The van der Waals surface area contributed by atoms with E-state index in [1.807, 2.05) is 31.3 Å². The number of likely N-dealkylation sites (tertiary alicyclic amines) is 1. The second-order valence-electron chi connectivity index (χ2n) is 6.02. The first-order chi connectivity index (χ1) is 11.7. The third kappa shape index (κ3) is 3.07. The van der Waals surface area contributed by atoms with E-state index >= 15 is 0 Å². The number of fused-ring (bicyclic) bond motifs is 1. The van der Waals surface area contributed by atoms with Gasteiger partial charge in [-0.15, -0.1) is 0 Å². The minimum Gasteiger partial charge on any atom is -0.493 e. The van der Waals surface area contributed by atoms with Gasteiger partial charge in [0, 0.05) is 12.8 Å². The van der Waals surface area contributed by atoms with E-state index < -0.39 is 0 Å². The van der Waals surface area contributed by atoms with Crippen molar-refractivity contribution in [3.63, 3.8) is 0 Å². The Labute approximate surface area is 141 Å². The van der Waals surface area contributed by atoms with Gasteiger partial charge in [0.2, 0.25) is 6.41 Å². The quantitative estimate of drug-likeness (QED) is 0.624. The van der Waals surface area contributed by atoms with Crippen LogP contribution in [0, 0.1) is 6.92 Å². The van der Waals surface area contributed by atoms with Crippen LogP contribution in [0.25, 0.3) is 10.8 Å². The van der Waals surface area contributed by atoms with Crippen LogP contribution in [0.3, 0.4) is 0 Å². The Balaban J connectivity index is 1.96. The fourth-order valence-corrected chi connectivity index (χ4v) is 3.14. The topological polar surface area (TPSA) is 51.1 Å². The number of ether oxygens (including phenoxy) is 2. The predicted molar refractivity (Wildman–Crippen MR) is 95.7 cm³/mol. The minimum absolute atomic E-state index is 0.100. The number of rotatable bonds is 5. The molecule has 0 N–H and O–H groups in total. The van der Waals surface area contributed by atoms with Gasteiger partial charge >= 0.3 is 0 Å². The average Bonchev–Trinajstić information content (AvgIpc) is 3.06. The Kier molecular flexibility index (Phi) is 4.69. The summed E-state index contributed by atoms with van der Waals surface area (Å²) >= 11 is 0. The highest BCUT2D eigenvalue weighted by Crippen LogP contribution is 2.35. The summed E-state index contributed by atoms with van der Waals surface area (Å²) in [6.45, 7) is 2.85. The molecular weight excluding hydrogens is 304 g/mol. The monoisotopic (exact) mass is 326 g/mol. The first kappa shape index (κ1) is 16.3. The van der Waals surface area contributed by atoms with E-state index in [4.69, 9.17) is 9.47 Å². The largest absolute Gasteiger partial charge is 0.493 e. The van der Waals surface area contributed by atoms with Crippen LogP contribution in [0.15, 0.2) is 29.3 Å². The average molecular weight is 326 g/mol. The van der Waals surface area contributed by atoms with Gasteiger partial charge in [0.25, 0.3) is 0 Å². The Hall–Kier alpha value is -2.56. The maximum atomic E-state index is 11.0. The van der Waals surface area contributed by atoms with Crippen molar-refractivity contribution >= 4 is 29.1 Å². The van der Waals surface area contributed by atoms with Crippen LogP contribution < -0.4 is 9.47 Å². The summed E-state index contributed by atoms with van der Waals surface area (Å²) in [5.74, 6) is 1.42. The summed E-state index contributed by atoms with van der Waals surface area (Å²) in [6, 6.07) is 8.17. The standard InChI is InChI=1S/C19H22N2O3/c1-13-7-14-9-18(23-2)19(24-3)10-15(14)8-17(13)20-11-16-5-4-6-21(16)12-22/h7-12,16H,4-6H2,1-3H3. The van der Waals surface area contributed by atoms with E-state index in [9.17, 15) is 4.79 Å². The molecule has 1 heterocycles. The summed E-state index contributed by atoms with van der Waals surface area (Å²) in [7, 11) is 3.26. The van der Waals surface area contributed by atoms with E-state index in [0.717, 1.165) is 47.8 Å². The molecule has 1 atom stereocenters. The molecule has 1 aliphatic rings. The smallest absolute Gasteiger partial charge is 0.210 e. The highest BCUT2D eigenvalue weighted by Gasteiger charge is 2.20. The van der Waals surface area contributed by atoms with Crippen LogP contribution in [0.1, 0.15) is 18.4 Å². The van der Waals surface area contributed by atoms with Gasteiger partial charge in [0.15, 0.2) is 11.5 Å². The molecule has 3 rings (SSSR count). The summed E-state index contributed by atoms with van der Waals surface area (Å²) in [4.78, 5) is 17.5. The molecular formula is C19H22N2O3. The molecule has 126 valence electrons. The zero-order valence-corrected chi connectivity index (χ0v) is 14.3. The van der Waals surface area contributed by atoms with Crippen LogP contribution in [0.2, 0.25) is 0 Å². The van der Waals surface area contributed by atoms with Crippen LogP contribution in [-0.4, -0.2) is 44.3 Å². The molecule has 1 amide bonds. The second kappa shape index (κ2) is 6.91. The van der Waals surface area contributed by atoms with Crippen molar-refractivity contribution in [3.8, 4) is 11.5 Å². The van der Waals surface area contributed by atoms with Gasteiger partial charge in [-0.25, -0.2) is 0 Å². The molecule has 0 bridgehead atoms. The third-order valence-electron chi connectivity index (χ3n) is 4.52. The molecule has 0 spiro atoms. The molecule has 1 saturated heterocycles. The van der Waals surface area contributed by atoms with Gasteiger partial charge in [-0.1, -0.05) is 0 Å². The maximum absolute atomic E-state index is 11.0. The molecule has 1 fully saturated rings. The summed E-state index contributed by atoms with van der Waals surface area (Å²) in [6.07, 6.45) is 4.80. The van der Waals surface area contributed by atoms with Gasteiger partial charge in [-0.2, -0.15) is 0 Å². The predicted octanol–water partition coefficient (Wildman–Crippen LogP) is 3.49. The molecule has 24 heavy (non-hydrogen) atoms. The molecule has 0 saturated carbocycles. The van der Waals surface area contributed by atoms with Crippen molar-refractivity contribution in [1.29, 1.82) is 0 Å². The van der Waals surface area contributed by atoms with Gasteiger partial charge in [-0.3, -0.25) is 9.79 Å². The SMILES string of the molecule is COc1cc2cc(C)c(N=CC3CCCN3C=O)cc2cc1OC. The summed E-state index contributed by atoms with van der Waals surface area (Å²) < 4.78 is 10.7. The van der Waals surface area contributed by atoms with E-state index in [2.05, 4.69) is 11.1 Å². The second-order valence-corrected chi connectivity index (χ2v) is 6.02. The number of aryl methyl sites for hydroxylation is 1. The van der Waals surface area contributed by atoms with Crippen LogP contribution >= 0.6 is 0 Å². The fraction of sp³-hybridized carbons (Fsp3) is 0.368. The van der Waals surface area contributed by atoms with E-state index in [1.165, 1.54) is 0 Å². The molecule has 2 aromatic rings. The van der Waals surface area contributed by atoms with Crippen molar-refractivity contribution in [2.45, 2.75) is 25.8 Å². The third-order valence-corrected chi connectivity index (χ3v) is 4.52. The number of methoxy groups -OCH3 is 2. The van der Waals surface area contributed by atoms with Crippen molar-refractivity contribution in [3.05, 3.63) is 29.8 Å². The minimum atomic E-state index is 0.100. The summed E-state index contributed by atoms with van der Waals surface area (Å²) in [5.41, 5.74) is 1.99. The fourth-order valence-electron chi connectivity index (χ4n) is 3.14. The number of carbonyl (C=O) groups is 1. The number of amides is 1. The molecule has 5 heteroatoms. The molecule has 2 aromatic carbocycles. The Morgan fingerprint density at radius 1 is 1.12 bits per heavy atom. The van der Waals surface area contributed by atoms with E-state index in [-0.39, 0.29) is 6.04 Å². The maximum Gasteiger partial charge on any atom is 0.210 e. The Morgan fingerprint density at radius 2 is 1.79 bits per heavy atom. The van der Waals surface area contributed by atoms with E-state index in [0.29, 0.717) is 11.5 Å². The lowest BCUT2D eigenvalue weighted by Crippen LogP contribution is -2.28.